The second-order valence-electron chi connectivity index (χ2n) is 5.67. The zero-order chi connectivity index (χ0) is 15.4. The Hall–Kier alpha value is -1.84. The van der Waals surface area contributed by atoms with E-state index in [0.717, 1.165) is 16.7 Å². The molecular formula is C16H23NO3. The number of rotatable bonds is 5. The average molecular weight is 277 g/mol. The highest BCUT2D eigenvalue weighted by Crippen LogP contribution is 2.17. The van der Waals surface area contributed by atoms with E-state index in [9.17, 15) is 9.59 Å². The molecule has 0 aliphatic rings. The first-order valence-corrected chi connectivity index (χ1v) is 6.83. The smallest absolute Gasteiger partial charge is 0.308 e. The molecule has 110 valence electrons. The zero-order valence-electron chi connectivity index (χ0n) is 12.8. The van der Waals surface area contributed by atoms with Gasteiger partial charge in [0.25, 0.3) is 5.91 Å². The number of hydrogen-bond acceptors (Lipinski definition) is 2. The van der Waals surface area contributed by atoms with Gasteiger partial charge in [-0.2, -0.15) is 0 Å². The molecule has 0 aromatic heterocycles. The van der Waals surface area contributed by atoms with Crippen LogP contribution >= 0.6 is 0 Å². The third-order valence-electron chi connectivity index (χ3n) is 3.51. The lowest BCUT2D eigenvalue weighted by molar-refractivity contribution is -0.142. The fourth-order valence-corrected chi connectivity index (χ4v) is 2.44. The van der Waals surface area contributed by atoms with Crippen molar-refractivity contribution in [2.45, 2.75) is 34.6 Å². The number of aliphatic carboxylic acids is 1. The summed E-state index contributed by atoms with van der Waals surface area (Å²) in [7, 11) is 0. The summed E-state index contributed by atoms with van der Waals surface area (Å²) in [4.78, 5) is 23.4. The Morgan fingerprint density at radius 1 is 1.15 bits per heavy atom. The van der Waals surface area contributed by atoms with E-state index in [1.54, 1.807) is 0 Å². The van der Waals surface area contributed by atoms with Gasteiger partial charge in [0.1, 0.15) is 0 Å². The predicted octanol–water partition coefficient (Wildman–Crippen LogP) is 2.70. The molecule has 0 radical (unpaired) electrons. The normalized spacial score (nSPS) is 12.3. The molecule has 0 heterocycles. The lowest BCUT2D eigenvalue weighted by Crippen LogP contribution is -2.36. The number of carboxylic acids is 1. The number of hydrogen-bond donors (Lipinski definition) is 2. The van der Waals surface area contributed by atoms with Crippen molar-refractivity contribution in [2.24, 2.45) is 11.8 Å². The van der Waals surface area contributed by atoms with Crippen molar-refractivity contribution >= 4 is 11.9 Å². The van der Waals surface area contributed by atoms with E-state index in [-0.39, 0.29) is 18.4 Å². The molecule has 0 fully saturated rings. The minimum atomic E-state index is -0.877. The lowest BCUT2D eigenvalue weighted by atomic mass is 9.95. The van der Waals surface area contributed by atoms with E-state index in [1.165, 1.54) is 0 Å². The minimum absolute atomic E-state index is 0.0204. The first-order valence-electron chi connectivity index (χ1n) is 6.83. The molecule has 0 aliphatic heterocycles. The maximum atomic E-state index is 12.2. The maximum absolute atomic E-state index is 12.2. The van der Waals surface area contributed by atoms with Crippen LogP contribution in [0, 0.1) is 32.6 Å². The van der Waals surface area contributed by atoms with Crippen LogP contribution in [0.15, 0.2) is 12.1 Å². The van der Waals surface area contributed by atoms with Crippen LogP contribution in [0.2, 0.25) is 0 Å². The second kappa shape index (κ2) is 6.55. The molecule has 2 N–H and O–H groups in total. The van der Waals surface area contributed by atoms with Crippen molar-refractivity contribution in [3.05, 3.63) is 34.4 Å². The SMILES string of the molecule is Cc1cc(C)c(C(=O)NCC(C(=O)O)C(C)C)c(C)c1. The van der Waals surface area contributed by atoms with Gasteiger partial charge in [0.2, 0.25) is 0 Å². The van der Waals surface area contributed by atoms with Gasteiger partial charge in [-0.05, 0) is 37.8 Å². The summed E-state index contributed by atoms with van der Waals surface area (Å²) in [6.45, 7) is 9.61. The number of aryl methyl sites for hydroxylation is 3. The maximum Gasteiger partial charge on any atom is 0.308 e. The van der Waals surface area contributed by atoms with E-state index < -0.39 is 11.9 Å². The molecule has 0 spiro atoms. The van der Waals surface area contributed by atoms with Gasteiger partial charge in [-0.1, -0.05) is 31.5 Å². The summed E-state index contributed by atoms with van der Waals surface area (Å²) < 4.78 is 0. The van der Waals surface area contributed by atoms with Crippen LogP contribution in [0.1, 0.15) is 40.9 Å². The molecule has 1 rings (SSSR count). The Bertz CT molecular complexity index is 497. The van der Waals surface area contributed by atoms with Crippen LogP contribution in [0.4, 0.5) is 0 Å². The number of benzene rings is 1. The molecule has 4 heteroatoms. The van der Waals surface area contributed by atoms with Crippen LogP contribution in [0.5, 0.6) is 0 Å². The number of carbonyl (C=O) groups excluding carboxylic acids is 1. The zero-order valence-corrected chi connectivity index (χ0v) is 12.8. The second-order valence-corrected chi connectivity index (χ2v) is 5.67. The summed E-state index contributed by atoms with van der Waals surface area (Å²) in [5.41, 5.74) is 3.58. The Balaban J connectivity index is 2.85. The van der Waals surface area contributed by atoms with Gasteiger partial charge in [-0.25, -0.2) is 0 Å². The van der Waals surface area contributed by atoms with Crippen molar-refractivity contribution in [1.82, 2.24) is 5.32 Å². The Labute approximate surface area is 120 Å². The first kappa shape index (κ1) is 16.2. The quantitative estimate of drug-likeness (QED) is 0.869. The van der Waals surface area contributed by atoms with Gasteiger partial charge in [-0.3, -0.25) is 9.59 Å². The molecule has 20 heavy (non-hydrogen) atoms. The van der Waals surface area contributed by atoms with Gasteiger partial charge in [0.15, 0.2) is 0 Å². The molecule has 4 nitrogen and oxygen atoms in total. The first-order chi connectivity index (χ1) is 9.23. The summed E-state index contributed by atoms with van der Waals surface area (Å²) in [5, 5.41) is 11.9. The summed E-state index contributed by atoms with van der Waals surface area (Å²) in [6.07, 6.45) is 0. The van der Waals surface area contributed by atoms with Crippen LogP contribution < -0.4 is 5.32 Å². The van der Waals surface area contributed by atoms with Gasteiger partial charge in [-0.15, -0.1) is 0 Å². The van der Waals surface area contributed by atoms with E-state index in [1.807, 2.05) is 46.8 Å². The highest BCUT2D eigenvalue weighted by atomic mass is 16.4. The van der Waals surface area contributed by atoms with Crippen molar-refractivity contribution in [3.63, 3.8) is 0 Å². The van der Waals surface area contributed by atoms with E-state index in [2.05, 4.69) is 5.32 Å². The predicted molar refractivity (Wildman–Crippen MR) is 79.0 cm³/mol. The standard InChI is InChI=1S/C16H23NO3/c1-9(2)13(16(19)20)8-17-15(18)14-11(4)6-10(3)7-12(14)5/h6-7,9,13H,8H2,1-5H3,(H,17,18)(H,19,20). The van der Waals surface area contributed by atoms with Crippen molar-refractivity contribution in [3.8, 4) is 0 Å². The van der Waals surface area contributed by atoms with Crippen LogP contribution in [-0.2, 0) is 4.79 Å². The van der Waals surface area contributed by atoms with Crippen molar-refractivity contribution < 1.29 is 14.7 Å². The van der Waals surface area contributed by atoms with E-state index >= 15 is 0 Å². The topological polar surface area (TPSA) is 66.4 Å². The average Bonchev–Trinajstić information content (AvgIpc) is 2.26. The Morgan fingerprint density at radius 2 is 1.65 bits per heavy atom. The lowest BCUT2D eigenvalue weighted by Gasteiger charge is -2.18. The number of amides is 1. The molecule has 0 bridgehead atoms. The van der Waals surface area contributed by atoms with Gasteiger partial charge < -0.3 is 10.4 Å². The fraction of sp³-hybridized carbons (Fsp3) is 0.500. The molecule has 1 unspecified atom stereocenters. The van der Waals surface area contributed by atoms with Gasteiger partial charge in [0, 0.05) is 12.1 Å². The fourth-order valence-electron chi connectivity index (χ4n) is 2.44. The molecule has 0 aliphatic carbocycles. The highest BCUT2D eigenvalue weighted by Gasteiger charge is 2.23. The highest BCUT2D eigenvalue weighted by molar-refractivity contribution is 5.97. The summed E-state index contributed by atoms with van der Waals surface area (Å²) >= 11 is 0. The van der Waals surface area contributed by atoms with Gasteiger partial charge in [0.05, 0.1) is 5.92 Å². The van der Waals surface area contributed by atoms with Crippen molar-refractivity contribution in [1.29, 1.82) is 0 Å². The number of carboxylic acid groups (broad SMARTS) is 1. The molecule has 1 aromatic carbocycles. The largest absolute Gasteiger partial charge is 0.481 e. The van der Waals surface area contributed by atoms with Crippen molar-refractivity contribution in [2.75, 3.05) is 6.54 Å². The third-order valence-corrected chi connectivity index (χ3v) is 3.51. The summed E-state index contributed by atoms with van der Waals surface area (Å²) in [5.74, 6) is -1.66. The minimum Gasteiger partial charge on any atom is -0.481 e. The third kappa shape index (κ3) is 3.83. The molecular weight excluding hydrogens is 254 g/mol. The Morgan fingerprint density at radius 3 is 2.05 bits per heavy atom. The van der Waals surface area contributed by atoms with Crippen LogP contribution in [0.3, 0.4) is 0 Å². The Kier molecular flexibility index (Phi) is 5.31. The number of carbonyl (C=O) groups is 2. The van der Waals surface area contributed by atoms with Crippen LogP contribution in [0.25, 0.3) is 0 Å². The van der Waals surface area contributed by atoms with E-state index in [0.29, 0.717) is 5.56 Å². The molecule has 0 saturated carbocycles. The monoisotopic (exact) mass is 277 g/mol. The molecule has 1 atom stereocenters. The molecule has 0 saturated heterocycles. The molecule has 1 aromatic rings. The summed E-state index contributed by atoms with van der Waals surface area (Å²) in [6, 6.07) is 3.91. The van der Waals surface area contributed by atoms with E-state index in [4.69, 9.17) is 5.11 Å². The number of nitrogens with one attached hydrogen (secondary N) is 1. The molecule has 1 amide bonds. The van der Waals surface area contributed by atoms with Gasteiger partial charge >= 0.3 is 5.97 Å². The van der Waals surface area contributed by atoms with Crippen LogP contribution in [-0.4, -0.2) is 23.5 Å².